The summed E-state index contributed by atoms with van der Waals surface area (Å²) in [6.07, 6.45) is 8.34. The van der Waals surface area contributed by atoms with Crippen molar-refractivity contribution in [1.29, 1.82) is 0 Å². The highest BCUT2D eigenvalue weighted by Gasteiger charge is 2.37. The minimum absolute atomic E-state index is 0.0312. The topological polar surface area (TPSA) is 107 Å². The van der Waals surface area contributed by atoms with Crippen molar-refractivity contribution in [3.05, 3.63) is 83.4 Å². The summed E-state index contributed by atoms with van der Waals surface area (Å²) in [5.74, 6) is 0.569. The third-order valence-corrected chi connectivity index (χ3v) is 10.8. The van der Waals surface area contributed by atoms with Gasteiger partial charge in [-0.1, -0.05) is 29.8 Å². The van der Waals surface area contributed by atoms with Gasteiger partial charge in [0.15, 0.2) is 0 Å². The highest BCUT2D eigenvalue weighted by Crippen LogP contribution is 2.42. The van der Waals surface area contributed by atoms with Gasteiger partial charge in [-0.3, -0.25) is 4.79 Å². The standard InChI is InChI=1S/C37H50ClN3O6S/c1-7-9-12-21-48(44,40-36(43)47-37(3,4)5)39-35(42)27-16-19-34-32(23-27)41(25-29-15-18-31(29)33(8-2)45-6)24-28-14-17-30(38)22-26(28)13-10-11-20-46-34/h7-8,14,16-17,19,22-23,29,31,33H,1-2,9-13,15,18,20-21,24-25H2,3-6H3,(H,39,40,42,43,44)/t29-,31+,33-,48-/m0/s1. The molecule has 11 heteroatoms. The fourth-order valence-electron chi connectivity index (χ4n) is 6.20. The molecule has 48 heavy (non-hydrogen) atoms. The van der Waals surface area contributed by atoms with Gasteiger partial charge in [0.05, 0.1) is 24.2 Å². The van der Waals surface area contributed by atoms with E-state index in [9.17, 15) is 13.8 Å². The van der Waals surface area contributed by atoms with Crippen LogP contribution < -0.4 is 14.4 Å². The highest BCUT2D eigenvalue weighted by molar-refractivity contribution is 7.92. The summed E-state index contributed by atoms with van der Waals surface area (Å²) in [7, 11) is -1.79. The van der Waals surface area contributed by atoms with E-state index in [1.165, 1.54) is 5.56 Å². The number of methoxy groups -OCH3 is 1. The Balaban J connectivity index is 1.75. The SMILES string of the molecule is C=CCCC[S@](=O)(=NC(=O)c1ccc2c(c1)N(C[C@@H]1CC[C@H]1[C@H](C=C)OC)Cc1ccc(Cl)cc1CCCCO2)NC(=O)OC(C)(C)C. The lowest BCUT2D eigenvalue weighted by Gasteiger charge is -2.43. The van der Waals surface area contributed by atoms with Crippen LogP contribution in [0.2, 0.25) is 5.02 Å². The number of aryl methyl sites for hydroxylation is 1. The predicted octanol–water partition coefficient (Wildman–Crippen LogP) is 8.30. The van der Waals surface area contributed by atoms with E-state index in [0.717, 1.165) is 43.4 Å². The molecule has 1 fully saturated rings. The average Bonchev–Trinajstić information content (AvgIpc) is 3.03. The maximum Gasteiger partial charge on any atom is 0.420 e. The molecule has 0 spiro atoms. The lowest BCUT2D eigenvalue weighted by Crippen LogP contribution is -2.43. The molecule has 0 bridgehead atoms. The molecule has 1 N–H and O–H groups in total. The number of nitrogens with one attached hydrogen (secondary N) is 1. The number of nitrogens with zero attached hydrogens (tertiary/aromatic N) is 2. The molecule has 1 aliphatic carbocycles. The van der Waals surface area contributed by atoms with Gasteiger partial charge in [0.2, 0.25) is 0 Å². The smallest absolute Gasteiger partial charge is 0.420 e. The van der Waals surface area contributed by atoms with Crippen LogP contribution in [0.3, 0.4) is 0 Å². The monoisotopic (exact) mass is 699 g/mol. The van der Waals surface area contributed by atoms with E-state index >= 15 is 0 Å². The van der Waals surface area contributed by atoms with Crippen molar-refractivity contribution in [2.45, 2.75) is 84.0 Å². The van der Waals surface area contributed by atoms with E-state index < -0.39 is 27.5 Å². The Morgan fingerprint density at radius 1 is 1.17 bits per heavy atom. The number of halogens is 1. The zero-order chi connectivity index (χ0) is 34.9. The third-order valence-electron chi connectivity index (χ3n) is 8.73. The second kappa shape index (κ2) is 16.9. The Kier molecular flexibility index (Phi) is 13.2. The number of amides is 2. The Labute approximate surface area is 291 Å². The molecule has 0 aromatic heterocycles. The minimum Gasteiger partial charge on any atom is -0.491 e. The zero-order valence-corrected chi connectivity index (χ0v) is 30.2. The number of allylic oxidation sites excluding steroid dienone is 1. The van der Waals surface area contributed by atoms with Gasteiger partial charge in [-0.25, -0.2) is 13.7 Å². The summed E-state index contributed by atoms with van der Waals surface area (Å²) in [5.41, 5.74) is 2.51. The molecule has 2 amide bonds. The van der Waals surface area contributed by atoms with E-state index in [2.05, 4.69) is 33.2 Å². The van der Waals surface area contributed by atoms with E-state index in [-0.39, 0.29) is 17.4 Å². The Hall–Kier alpha value is -3.34. The van der Waals surface area contributed by atoms with Gasteiger partial charge in [-0.05, 0) is 119 Å². The van der Waals surface area contributed by atoms with E-state index in [1.807, 2.05) is 18.2 Å². The summed E-state index contributed by atoms with van der Waals surface area (Å²) in [5, 5.41) is 0.700. The van der Waals surface area contributed by atoms with Crippen LogP contribution in [0.1, 0.15) is 80.8 Å². The highest BCUT2D eigenvalue weighted by atomic mass is 35.5. The molecule has 9 nitrogen and oxygen atoms in total. The molecule has 4 rings (SSSR count). The van der Waals surface area contributed by atoms with Crippen molar-refractivity contribution < 1.29 is 28.0 Å². The van der Waals surface area contributed by atoms with Gasteiger partial charge < -0.3 is 19.1 Å². The Bertz CT molecular complexity index is 1600. The van der Waals surface area contributed by atoms with Crippen LogP contribution in [0, 0.1) is 11.8 Å². The van der Waals surface area contributed by atoms with Crippen molar-refractivity contribution in [3.8, 4) is 5.75 Å². The first kappa shape index (κ1) is 37.5. The number of hydrogen-bond donors (Lipinski definition) is 1. The van der Waals surface area contributed by atoms with E-state index in [4.69, 9.17) is 25.8 Å². The maximum absolute atomic E-state index is 13.9. The second-order valence-electron chi connectivity index (χ2n) is 13.5. The number of anilines is 1. The largest absolute Gasteiger partial charge is 0.491 e. The summed E-state index contributed by atoms with van der Waals surface area (Å²) < 4.78 is 37.8. The number of rotatable bonds is 11. The number of carbonyl (C=O) groups excluding carboxylic acids is 2. The first-order valence-electron chi connectivity index (χ1n) is 16.7. The molecular weight excluding hydrogens is 650 g/mol. The van der Waals surface area contributed by atoms with Crippen LogP contribution in [0.25, 0.3) is 0 Å². The number of benzene rings is 2. The molecular formula is C37H50ClN3O6S. The molecule has 1 heterocycles. The van der Waals surface area contributed by atoms with Gasteiger partial charge >= 0.3 is 6.09 Å². The summed E-state index contributed by atoms with van der Waals surface area (Å²) in [6.45, 7) is 14.6. The van der Waals surface area contributed by atoms with Crippen molar-refractivity contribution in [3.63, 3.8) is 0 Å². The summed E-state index contributed by atoms with van der Waals surface area (Å²) in [4.78, 5) is 28.7. The number of hydrogen-bond acceptors (Lipinski definition) is 7. The molecule has 1 saturated carbocycles. The number of unbranched alkanes of at least 4 members (excludes halogenated alkanes) is 1. The molecule has 0 saturated heterocycles. The predicted molar refractivity (Wildman–Crippen MR) is 193 cm³/mol. The van der Waals surface area contributed by atoms with Gasteiger partial charge in [-0.15, -0.1) is 17.5 Å². The molecule has 2 aromatic carbocycles. The van der Waals surface area contributed by atoms with Gasteiger partial charge in [0, 0.05) is 30.8 Å². The van der Waals surface area contributed by atoms with Crippen molar-refractivity contribution >= 4 is 39.2 Å². The number of carbonyl (C=O) groups is 2. The average molecular weight is 700 g/mol. The lowest BCUT2D eigenvalue weighted by molar-refractivity contribution is 0.0137. The van der Waals surface area contributed by atoms with Crippen LogP contribution in [0.4, 0.5) is 10.5 Å². The minimum atomic E-state index is -3.50. The molecule has 2 aliphatic rings. The Morgan fingerprint density at radius 3 is 2.62 bits per heavy atom. The fourth-order valence-corrected chi connectivity index (χ4v) is 7.86. The van der Waals surface area contributed by atoms with Gasteiger partial charge in [0.25, 0.3) is 5.91 Å². The van der Waals surface area contributed by atoms with Gasteiger partial charge in [-0.2, -0.15) is 0 Å². The van der Waals surface area contributed by atoms with Crippen LogP contribution in [0.15, 0.2) is 66.1 Å². The van der Waals surface area contributed by atoms with Crippen LogP contribution in [0.5, 0.6) is 5.75 Å². The third kappa shape index (κ3) is 10.3. The molecule has 262 valence electrons. The lowest BCUT2D eigenvalue weighted by atomic mass is 9.70. The van der Waals surface area contributed by atoms with E-state index in [0.29, 0.717) is 55.1 Å². The summed E-state index contributed by atoms with van der Waals surface area (Å²) >= 11 is 6.43. The molecule has 0 radical (unpaired) electrons. The number of ether oxygens (including phenoxy) is 3. The number of fused-ring (bicyclic) bond motifs is 2. The molecule has 1 aliphatic heterocycles. The molecule has 2 aromatic rings. The molecule has 4 atom stereocenters. The van der Waals surface area contributed by atoms with Gasteiger partial charge in [0.1, 0.15) is 21.3 Å². The first-order valence-corrected chi connectivity index (χ1v) is 18.8. The van der Waals surface area contributed by atoms with E-state index in [1.54, 1.807) is 52.2 Å². The van der Waals surface area contributed by atoms with Crippen molar-refractivity contribution in [2.75, 3.05) is 30.9 Å². The van der Waals surface area contributed by atoms with Crippen LogP contribution in [-0.2, 0) is 32.4 Å². The zero-order valence-electron chi connectivity index (χ0n) is 28.7. The van der Waals surface area contributed by atoms with Crippen LogP contribution in [-0.4, -0.2) is 53.9 Å². The Morgan fingerprint density at radius 2 is 1.96 bits per heavy atom. The van der Waals surface area contributed by atoms with Crippen molar-refractivity contribution in [1.82, 2.24) is 4.72 Å². The van der Waals surface area contributed by atoms with Crippen molar-refractivity contribution in [2.24, 2.45) is 16.2 Å². The second-order valence-corrected chi connectivity index (χ2v) is 16.0. The first-order chi connectivity index (χ1) is 22.8. The molecule has 0 unspecified atom stereocenters. The van der Waals surface area contributed by atoms with Crippen LogP contribution >= 0.6 is 11.6 Å². The quantitative estimate of drug-likeness (QED) is 0.186. The normalized spacial score (nSPS) is 19.8. The fraction of sp³-hybridized carbons (Fsp3) is 0.514. The summed E-state index contributed by atoms with van der Waals surface area (Å²) in [6, 6.07) is 11.2. The maximum atomic E-state index is 13.9.